The molecule has 5 nitrogen and oxygen atoms in total. The number of nitrogens with two attached hydrogens (primary N) is 1. The number of fused-ring (bicyclic) bond motifs is 1. The van der Waals surface area contributed by atoms with E-state index in [4.69, 9.17) is 10.7 Å². The van der Waals surface area contributed by atoms with Crippen molar-refractivity contribution in [3.05, 3.63) is 30.1 Å². The molecule has 2 N–H and O–H groups in total. The molecule has 2 heterocycles. The fourth-order valence-electron chi connectivity index (χ4n) is 3.82. The first-order valence-electron chi connectivity index (χ1n) is 9.47. The maximum absolute atomic E-state index is 12.5. The van der Waals surface area contributed by atoms with Crippen molar-refractivity contribution >= 4 is 41.8 Å². The van der Waals surface area contributed by atoms with Crippen LogP contribution in [0.2, 0.25) is 0 Å². The van der Waals surface area contributed by atoms with Crippen molar-refractivity contribution in [3.63, 3.8) is 0 Å². The lowest BCUT2D eigenvalue weighted by atomic mass is 9.96. The van der Waals surface area contributed by atoms with E-state index >= 15 is 0 Å². The number of carbonyl (C=O) groups is 1. The molecule has 0 aliphatic carbocycles. The number of amides is 1. The lowest BCUT2D eigenvalue weighted by Crippen LogP contribution is -2.40. The Bertz CT molecular complexity index is 745. The average molecular weight is 415 g/mol. The Morgan fingerprint density at radius 1 is 1.26 bits per heavy atom. The van der Waals surface area contributed by atoms with Gasteiger partial charge in [-0.25, -0.2) is 4.98 Å². The summed E-state index contributed by atoms with van der Waals surface area (Å²) in [6.07, 6.45) is 3.43. The summed E-state index contributed by atoms with van der Waals surface area (Å²) < 4.78 is 2.34. The van der Waals surface area contributed by atoms with Gasteiger partial charge in [0.25, 0.3) is 0 Å². The molecule has 1 fully saturated rings. The minimum absolute atomic E-state index is 0. The van der Waals surface area contributed by atoms with E-state index in [1.54, 1.807) is 0 Å². The van der Waals surface area contributed by atoms with Gasteiger partial charge in [0, 0.05) is 37.5 Å². The molecule has 2 aromatic rings. The fraction of sp³-hybridized carbons (Fsp3) is 0.600. The Morgan fingerprint density at radius 3 is 2.63 bits per heavy atom. The highest BCUT2D eigenvalue weighted by Gasteiger charge is 2.29. The third-order valence-corrected chi connectivity index (χ3v) is 5.09. The Kier molecular flexibility index (Phi) is 9.06. The molecule has 0 saturated carbocycles. The molecule has 1 amide bonds. The summed E-state index contributed by atoms with van der Waals surface area (Å²) in [5.74, 6) is 1.66. The van der Waals surface area contributed by atoms with E-state index in [-0.39, 0.29) is 36.8 Å². The molecule has 7 heteroatoms. The van der Waals surface area contributed by atoms with Gasteiger partial charge in [-0.3, -0.25) is 4.79 Å². The number of piperidine rings is 1. The standard InChI is InChI=1S/C20H30N4O.2ClH/c1-14(2)24-18-9-5-4-8-17(18)22-20(24)16-7-6-12-23(13-16)19(25)11-10-15(3)21;;/h4-5,8-9,14-16H,6-7,10-13,21H2,1-3H3;2*1H. The van der Waals surface area contributed by atoms with Crippen LogP contribution < -0.4 is 5.73 Å². The van der Waals surface area contributed by atoms with Crippen molar-refractivity contribution in [1.82, 2.24) is 14.5 Å². The van der Waals surface area contributed by atoms with Crippen molar-refractivity contribution < 1.29 is 4.79 Å². The topological polar surface area (TPSA) is 64.2 Å². The summed E-state index contributed by atoms with van der Waals surface area (Å²) in [5.41, 5.74) is 8.04. The summed E-state index contributed by atoms with van der Waals surface area (Å²) in [5, 5.41) is 0. The number of likely N-dealkylation sites (tertiary alicyclic amines) is 1. The Morgan fingerprint density at radius 2 is 1.96 bits per heavy atom. The monoisotopic (exact) mass is 414 g/mol. The molecule has 27 heavy (non-hydrogen) atoms. The van der Waals surface area contributed by atoms with Gasteiger partial charge in [-0.05, 0) is 52.2 Å². The molecule has 2 atom stereocenters. The second-order valence-corrected chi connectivity index (χ2v) is 7.62. The van der Waals surface area contributed by atoms with E-state index in [9.17, 15) is 4.79 Å². The van der Waals surface area contributed by atoms with Gasteiger partial charge in [-0.1, -0.05) is 12.1 Å². The van der Waals surface area contributed by atoms with Crippen molar-refractivity contribution in [2.75, 3.05) is 13.1 Å². The quantitative estimate of drug-likeness (QED) is 0.792. The molecule has 2 unspecified atom stereocenters. The number of benzene rings is 1. The zero-order chi connectivity index (χ0) is 18.0. The van der Waals surface area contributed by atoms with Gasteiger partial charge in [0.05, 0.1) is 11.0 Å². The molecule has 1 aliphatic heterocycles. The van der Waals surface area contributed by atoms with E-state index in [0.717, 1.165) is 43.7 Å². The summed E-state index contributed by atoms with van der Waals surface area (Å²) in [6.45, 7) is 7.99. The largest absolute Gasteiger partial charge is 0.342 e. The van der Waals surface area contributed by atoms with Crippen molar-refractivity contribution in [2.24, 2.45) is 5.73 Å². The van der Waals surface area contributed by atoms with Crippen LogP contribution >= 0.6 is 24.8 Å². The molecule has 1 aromatic heterocycles. The van der Waals surface area contributed by atoms with Crippen LogP contribution in [0.25, 0.3) is 11.0 Å². The molecule has 1 aliphatic rings. The minimum atomic E-state index is 0. The number of hydrogen-bond donors (Lipinski definition) is 1. The second-order valence-electron chi connectivity index (χ2n) is 7.62. The van der Waals surface area contributed by atoms with Crippen LogP contribution in [0.5, 0.6) is 0 Å². The third-order valence-electron chi connectivity index (χ3n) is 5.09. The number of para-hydroxylation sites is 2. The zero-order valence-electron chi connectivity index (χ0n) is 16.4. The lowest BCUT2D eigenvalue weighted by Gasteiger charge is -2.33. The molecular weight excluding hydrogens is 383 g/mol. The van der Waals surface area contributed by atoms with E-state index in [1.807, 2.05) is 17.9 Å². The maximum atomic E-state index is 12.5. The smallest absolute Gasteiger partial charge is 0.222 e. The van der Waals surface area contributed by atoms with E-state index < -0.39 is 0 Å². The second kappa shape index (κ2) is 10.3. The van der Waals surface area contributed by atoms with Gasteiger partial charge in [-0.2, -0.15) is 0 Å². The van der Waals surface area contributed by atoms with Gasteiger partial charge in [0.2, 0.25) is 5.91 Å². The van der Waals surface area contributed by atoms with E-state index in [2.05, 4.69) is 36.6 Å². The molecule has 1 aromatic carbocycles. The Hall–Kier alpha value is -1.30. The van der Waals surface area contributed by atoms with E-state index in [0.29, 0.717) is 18.4 Å². The number of aromatic nitrogens is 2. The third kappa shape index (κ3) is 5.37. The number of halogens is 2. The van der Waals surface area contributed by atoms with Crippen molar-refractivity contribution in [2.45, 2.75) is 64.5 Å². The summed E-state index contributed by atoms with van der Waals surface area (Å²) >= 11 is 0. The van der Waals surface area contributed by atoms with Crippen molar-refractivity contribution in [3.8, 4) is 0 Å². The van der Waals surface area contributed by atoms with Gasteiger partial charge in [0.1, 0.15) is 5.82 Å². The van der Waals surface area contributed by atoms with Crippen LogP contribution in [-0.2, 0) is 4.79 Å². The first-order chi connectivity index (χ1) is 12.0. The molecule has 1 saturated heterocycles. The predicted octanol–water partition coefficient (Wildman–Crippen LogP) is 4.29. The van der Waals surface area contributed by atoms with Crippen LogP contribution in [0.15, 0.2) is 24.3 Å². The normalized spacial score (nSPS) is 18.1. The SMILES string of the molecule is CC(N)CCC(=O)N1CCCC(c2nc3ccccc3n2C(C)C)C1.Cl.Cl. The molecular formula is C20H32Cl2N4O. The fourth-order valence-corrected chi connectivity index (χ4v) is 3.82. The van der Waals surface area contributed by atoms with Gasteiger partial charge < -0.3 is 15.2 Å². The van der Waals surface area contributed by atoms with Crippen LogP contribution in [0.3, 0.4) is 0 Å². The van der Waals surface area contributed by atoms with Crippen LogP contribution in [0.4, 0.5) is 0 Å². The predicted molar refractivity (Wildman–Crippen MR) is 116 cm³/mol. The highest BCUT2D eigenvalue weighted by molar-refractivity contribution is 5.85. The summed E-state index contributed by atoms with van der Waals surface area (Å²) in [7, 11) is 0. The Labute approximate surface area is 174 Å². The van der Waals surface area contributed by atoms with Gasteiger partial charge >= 0.3 is 0 Å². The van der Waals surface area contributed by atoms with Gasteiger partial charge in [0.15, 0.2) is 0 Å². The minimum Gasteiger partial charge on any atom is -0.342 e. The molecule has 3 rings (SSSR count). The maximum Gasteiger partial charge on any atom is 0.222 e. The van der Waals surface area contributed by atoms with Crippen LogP contribution in [0, 0.1) is 0 Å². The van der Waals surface area contributed by atoms with Crippen LogP contribution in [-0.4, -0.2) is 39.5 Å². The molecule has 152 valence electrons. The summed E-state index contributed by atoms with van der Waals surface area (Å²) in [4.78, 5) is 19.5. The number of rotatable bonds is 5. The lowest BCUT2D eigenvalue weighted by molar-refractivity contribution is -0.132. The first-order valence-corrected chi connectivity index (χ1v) is 9.47. The van der Waals surface area contributed by atoms with Crippen molar-refractivity contribution in [1.29, 1.82) is 0 Å². The average Bonchev–Trinajstić information content (AvgIpc) is 2.99. The highest BCUT2D eigenvalue weighted by atomic mass is 35.5. The number of imidazole rings is 1. The highest BCUT2D eigenvalue weighted by Crippen LogP contribution is 2.31. The zero-order valence-corrected chi connectivity index (χ0v) is 18.1. The Balaban J connectivity index is 0.00000182. The molecule has 0 spiro atoms. The first kappa shape index (κ1) is 23.7. The number of nitrogens with zero attached hydrogens (tertiary/aromatic N) is 3. The van der Waals surface area contributed by atoms with Gasteiger partial charge in [-0.15, -0.1) is 24.8 Å². The van der Waals surface area contributed by atoms with E-state index in [1.165, 1.54) is 5.52 Å². The number of hydrogen-bond acceptors (Lipinski definition) is 3. The van der Waals surface area contributed by atoms with Crippen LogP contribution in [0.1, 0.15) is 64.2 Å². The number of carbonyl (C=O) groups excluding carboxylic acids is 1. The molecule has 0 radical (unpaired) electrons. The molecule has 0 bridgehead atoms. The summed E-state index contributed by atoms with van der Waals surface area (Å²) in [6, 6.07) is 8.75.